The van der Waals surface area contributed by atoms with Crippen molar-refractivity contribution in [2.24, 2.45) is 7.05 Å². The Morgan fingerprint density at radius 2 is 1.26 bits per heavy atom. The number of ketones is 1. The Hall–Kier alpha value is -2.36. The van der Waals surface area contributed by atoms with Gasteiger partial charge in [-0.05, 0) is 18.9 Å². The van der Waals surface area contributed by atoms with Gasteiger partial charge in [-0.25, -0.2) is 0 Å². The van der Waals surface area contributed by atoms with Gasteiger partial charge in [-0.2, -0.15) is 0 Å². The van der Waals surface area contributed by atoms with Crippen molar-refractivity contribution in [2.75, 3.05) is 6.61 Å². The second-order valence-corrected chi connectivity index (χ2v) is 10.9. The highest BCUT2D eigenvalue weighted by atomic mass is 16.5. The van der Waals surface area contributed by atoms with Crippen LogP contribution in [0.25, 0.3) is 11.1 Å². The first-order valence-corrected chi connectivity index (χ1v) is 15.4. The van der Waals surface area contributed by atoms with Crippen LogP contribution in [0.1, 0.15) is 138 Å². The first kappa shape index (κ1) is 31.9. The zero-order valence-electron chi connectivity index (χ0n) is 24.8. The third-order valence-electron chi connectivity index (χ3n) is 7.80. The molecule has 212 valence electrons. The summed E-state index contributed by atoms with van der Waals surface area (Å²) in [6.07, 6.45) is 21.0. The maximum atomic E-state index is 13.4. The predicted octanol–water partition coefficient (Wildman–Crippen LogP) is 9.55. The molecular formula is C34H53NO3. The Bertz CT molecular complexity index is 944. The van der Waals surface area contributed by atoms with E-state index < -0.39 is 0 Å². The van der Waals surface area contributed by atoms with Gasteiger partial charge in [0.25, 0.3) is 0 Å². The molecule has 0 saturated heterocycles. The fraction of sp³-hybridized carbons (Fsp3) is 0.647. The number of rotatable bonds is 21. The van der Waals surface area contributed by atoms with E-state index in [0.717, 1.165) is 40.9 Å². The summed E-state index contributed by atoms with van der Waals surface area (Å²) in [7, 11) is 2.01. The summed E-state index contributed by atoms with van der Waals surface area (Å²) in [5.74, 6) is -0.0490. The molecule has 4 heteroatoms. The maximum absolute atomic E-state index is 13.4. The minimum atomic E-state index is -0.276. The fourth-order valence-corrected chi connectivity index (χ4v) is 5.49. The van der Waals surface area contributed by atoms with Gasteiger partial charge < -0.3 is 9.30 Å². The van der Waals surface area contributed by atoms with Crippen molar-refractivity contribution < 1.29 is 14.3 Å². The fourth-order valence-electron chi connectivity index (χ4n) is 5.49. The van der Waals surface area contributed by atoms with Gasteiger partial charge in [0.2, 0.25) is 0 Å². The molecule has 4 nitrogen and oxygen atoms in total. The molecule has 0 N–H and O–H groups in total. The molecule has 2 rings (SSSR count). The van der Waals surface area contributed by atoms with E-state index in [4.69, 9.17) is 4.74 Å². The summed E-state index contributed by atoms with van der Waals surface area (Å²) in [4.78, 5) is 24.7. The van der Waals surface area contributed by atoms with E-state index in [1.165, 1.54) is 90.4 Å². The van der Waals surface area contributed by atoms with E-state index in [2.05, 4.69) is 23.6 Å². The molecular weight excluding hydrogens is 470 g/mol. The number of nitrogens with zero attached hydrogens (tertiary/aromatic N) is 1. The Balaban J connectivity index is 1.75. The molecule has 0 fully saturated rings. The van der Waals surface area contributed by atoms with Gasteiger partial charge in [0.05, 0.1) is 6.61 Å². The number of ether oxygens (including phenoxy) is 1. The van der Waals surface area contributed by atoms with Crippen LogP contribution in [0, 0.1) is 6.92 Å². The van der Waals surface area contributed by atoms with E-state index in [-0.39, 0.29) is 11.8 Å². The highest BCUT2D eigenvalue weighted by Gasteiger charge is 2.24. The van der Waals surface area contributed by atoms with Crippen LogP contribution in [0.4, 0.5) is 0 Å². The number of carbonyl (C=O) groups is 2. The minimum absolute atomic E-state index is 0.227. The highest BCUT2D eigenvalue weighted by Crippen LogP contribution is 2.34. The molecule has 0 aliphatic carbocycles. The van der Waals surface area contributed by atoms with E-state index in [1.807, 2.05) is 32.2 Å². The highest BCUT2D eigenvalue weighted by molar-refractivity contribution is 6.04. The first-order chi connectivity index (χ1) is 18.5. The van der Waals surface area contributed by atoms with Gasteiger partial charge in [0.1, 0.15) is 0 Å². The maximum Gasteiger partial charge on any atom is 0.302 e. The first-order valence-electron chi connectivity index (χ1n) is 15.4. The number of Topliss-reactive ketones (excluding diaryl/α,β-unsaturated/α-hetero) is 1. The van der Waals surface area contributed by atoms with Crippen molar-refractivity contribution in [2.45, 2.75) is 130 Å². The smallest absolute Gasteiger partial charge is 0.302 e. The third-order valence-corrected chi connectivity index (χ3v) is 7.80. The van der Waals surface area contributed by atoms with Gasteiger partial charge in [-0.3, -0.25) is 9.59 Å². The second kappa shape index (κ2) is 18.8. The number of esters is 1. The van der Waals surface area contributed by atoms with E-state index >= 15 is 0 Å². The van der Waals surface area contributed by atoms with Crippen LogP contribution in [0.3, 0.4) is 0 Å². The molecule has 0 radical (unpaired) electrons. The molecule has 0 bridgehead atoms. The van der Waals surface area contributed by atoms with Gasteiger partial charge >= 0.3 is 5.97 Å². The van der Waals surface area contributed by atoms with Crippen LogP contribution < -0.4 is 0 Å². The van der Waals surface area contributed by atoms with Crippen molar-refractivity contribution in [3.05, 3.63) is 47.3 Å². The SMILES string of the molecule is CCCCCCCCCCCCCCCCCC(=O)c1c(-c2ccccc2)c(CCOC(C)=O)n(C)c1C. The number of unbranched alkanes of at least 4 members (excludes halogenated alkanes) is 14. The summed E-state index contributed by atoms with van der Waals surface area (Å²) in [6, 6.07) is 10.1. The lowest BCUT2D eigenvalue weighted by atomic mass is 9.94. The quantitative estimate of drug-likeness (QED) is 0.0929. The lowest BCUT2D eigenvalue weighted by molar-refractivity contribution is -0.140. The number of aromatic nitrogens is 1. The lowest BCUT2D eigenvalue weighted by Gasteiger charge is -2.10. The van der Waals surface area contributed by atoms with Gasteiger partial charge in [0, 0.05) is 49.3 Å². The monoisotopic (exact) mass is 523 g/mol. The molecule has 0 unspecified atom stereocenters. The number of carbonyl (C=O) groups excluding carboxylic acids is 2. The summed E-state index contributed by atoms with van der Waals surface area (Å²) >= 11 is 0. The molecule has 38 heavy (non-hydrogen) atoms. The van der Waals surface area contributed by atoms with Crippen molar-refractivity contribution in [3.8, 4) is 11.1 Å². The number of hydrogen-bond donors (Lipinski definition) is 0. The summed E-state index contributed by atoms with van der Waals surface area (Å²) in [5.41, 5.74) is 4.93. The molecule has 1 heterocycles. The van der Waals surface area contributed by atoms with Crippen LogP contribution in [-0.2, 0) is 23.0 Å². The van der Waals surface area contributed by atoms with Crippen molar-refractivity contribution in [3.63, 3.8) is 0 Å². The van der Waals surface area contributed by atoms with Crippen LogP contribution in [0.2, 0.25) is 0 Å². The largest absolute Gasteiger partial charge is 0.465 e. The van der Waals surface area contributed by atoms with Crippen molar-refractivity contribution in [1.82, 2.24) is 4.57 Å². The summed E-state index contributed by atoms with van der Waals surface area (Å²) in [6.45, 7) is 6.06. The molecule has 0 atom stereocenters. The van der Waals surface area contributed by atoms with E-state index in [0.29, 0.717) is 19.4 Å². The number of hydrogen-bond acceptors (Lipinski definition) is 3. The summed E-state index contributed by atoms with van der Waals surface area (Å²) < 4.78 is 7.33. The molecule has 2 aromatic rings. The molecule has 0 amide bonds. The van der Waals surface area contributed by atoms with Crippen molar-refractivity contribution >= 4 is 11.8 Å². The zero-order chi connectivity index (χ0) is 27.6. The second-order valence-electron chi connectivity index (χ2n) is 10.9. The lowest BCUT2D eigenvalue weighted by Crippen LogP contribution is -2.07. The van der Waals surface area contributed by atoms with Gasteiger partial charge in [0.15, 0.2) is 5.78 Å². The topological polar surface area (TPSA) is 48.3 Å². The molecule has 0 aliphatic rings. The normalized spacial score (nSPS) is 11.2. The predicted molar refractivity (Wildman–Crippen MR) is 160 cm³/mol. The Morgan fingerprint density at radius 1 is 0.763 bits per heavy atom. The molecule has 1 aromatic heterocycles. The van der Waals surface area contributed by atoms with E-state index in [9.17, 15) is 9.59 Å². The van der Waals surface area contributed by atoms with Crippen LogP contribution in [-0.4, -0.2) is 22.9 Å². The molecule has 1 aromatic carbocycles. The average Bonchev–Trinajstić information content (AvgIpc) is 3.16. The molecule has 0 spiro atoms. The summed E-state index contributed by atoms with van der Waals surface area (Å²) in [5, 5.41) is 0. The minimum Gasteiger partial charge on any atom is -0.465 e. The Kier molecular flexibility index (Phi) is 15.8. The van der Waals surface area contributed by atoms with Crippen LogP contribution in [0.15, 0.2) is 30.3 Å². The van der Waals surface area contributed by atoms with Gasteiger partial charge in [-0.15, -0.1) is 0 Å². The zero-order valence-corrected chi connectivity index (χ0v) is 24.8. The third kappa shape index (κ3) is 11.2. The standard InChI is InChI=1S/C34H53NO3/c1-5-6-7-8-9-10-11-12-13-14-15-16-17-18-22-25-32(37)33-28(2)35(4)31(26-27-38-29(3)36)34(33)30-23-20-19-21-24-30/h19-21,23-24H,5-18,22,25-27H2,1-4H3. The van der Waals surface area contributed by atoms with Crippen LogP contribution >= 0.6 is 0 Å². The molecule has 0 saturated carbocycles. The Labute approximate surface area is 232 Å². The van der Waals surface area contributed by atoms with Crippen LogP contribution in [0.5, 0.6) is 0 Å². The average molecular weight is 524 g/mol. The van der Waals surface area contributed by atoms with E-state index in [1.54, 1.807) is 0 Å². The number of benzene rings is 1. The molecule has 0 aliphatic heterocycles. The van der Waals surface area contributed by atoms with Gasteiger partial charge in [-0.1, -0.05) is 127 Å². The Morgan fingerprint density at radius 3 is 1.76 bits per heavy atom. The van der Waals surface area contributed by atoms with Crippen molar-refractivity contribution in [1.29, 1.82) is 0 Å².